The van der Waals surface area contributed by atoms with Gasteiger partial charge in [-0.3, -0.25) is 0 Å². The number of ether oxygens (including phenoxy) is 6. The van der Waals surface area contributed by atoms with Gasteiger partial charge in [0.1, 0.15) is 42.4 Å². The van der Waals surface area contributed by atoms with Crippen LogP contribution < -0.4 is 14.2 Å². The van der Waals surface area contributed by atoms with Gasteiger partial charge < -0.3 is 28.4 Å². The van der Waals surface area contributed by atoms with Gasteiger partial charge in [-0.15, -0.1) is 0 Å². The number of hydrogen-bond acceptors (Lipinski definition) is 6. The maximum absolute atomic E-state index is 7.52. The molecule has 15 aliphatic rings. The molecule has 0 spiro atoms. The van der Waals surface area contributed by atoms with Crippen LogP contribution in [0.5, 0.6) is 17.2 Å². The Hall–Kier alpha value is -1.50. The van der Waals surface area contributed by atoms with E-state index in [2.05, 4.69) is 18.2 Å². The highest BCUT2D eigenvalue weighted by Gasteiger charge is 2.62. The van der Waals surface area contributed by atoms with Crippen LogP contribution in [-0.4, -0.2) is 56.4 Å². The Balaban J connectivity index is 0.859. The monoisotopic (exact) mass is 696 g/mol. The third-order valence-corrected chi connectivity index (χ3v) is 17.8. The van der Waals surface area contributed by atoms with Crippen molar-refractivity contribution in [1.29, 1.82) is 0 Å². The molecule has 3 saturated heterocycles. The van der Waals surface area contributed by atoms with Crippen molar-refractivity contribution in [2.45, 2.75) is 152 Å². The predicted octanol–water partition coefficient (Wildman–Crippen LogP) is 8.77. The summed E-state index contributed by atoms with van der Waals surface area (Å²) < 4.78 is 40.7. The molecule has 12 aliphatic carbocycles. The van der Waals surface area contributed by atoms with E-state index in [0.29, 0.717) is 0 Å². The summed E-state index contributed by atoms with van der Waals surface area (Å²) in [4.78, 5) is 0. The van der Waals surface area contributed by atoms with Crippen molar-refractivity contribution in [2.75, 3.05) is 19.8 Å². The SMILES string of the molecule is c1cc(OC(C2CO2)C23CC4CC(CC(C4)C2)C3)c(OC(C2CO2)C23CC4CC(CC(C4)C2)C3)cc1OC(C1CO1)C12CC3CC(CC(C3)C1)C2. The molecule has 1 aromatic carbocycles. The second kappa shape index (κ2) is 10.8. The minimum atomic E-state index is 0.0874. The predicted molar refractivity (Wildman–Crippen MR) is 191 cm³/mol. The van der Waals surface area contributed by atoms with E-state index in [1.54, 1.807) is 0 Å². The first-order valence-corrected chi connectivity index (χ1v) is 21.9. The van der Waals surface area contributed by atoms with E-state index in [-0.39, 0.29) is 52.9 Å². The van der Waals surface area contributed by atoms with E-state index in [4.69, 9.17) is 28.4 Å². The molecule has 16 rings (SSSR count). The van der Waals surface area contributed by atoms with Gasteiger partial charge in [-0.25, -0.2) is 0 Å². The van der Waals surface area contributed by atoms with E-state index >= 15 is 0 Å². The summed E-state index contributed by atoms with van der Waals surface area (Å²) in [5, 5.41) is 0. The fourth-order valence-corrected chi connectivity index (χ4v) is 17.2. The summed E-state index contributed by atoms with van der Waals surface area (Å²) in [5.41, 5.74) is 0.739. The Labute approximate surface area is 304 Å². The van der Waals surface area contributed by atoms with Gasteiger partial charge in [-0.1, -0.05) is 0 Å². The molecule has 12 saturated carbocycles. The van der Waals surface area contributed by atoms with E-state index in [1.165, 1.54) is 116 Å². The maximum atomic E-state index is 7.52. The Morgan fingerprint density at radius 2 is 0.706 bits per heavy atom. The Morgan fingerprint density at radius 3 is 1.02 bits per heavy atom. The minimum absolute atomic E-state index is 0.0874. The first kappa shape index (κ1) is 30.8. The third-order valence-electron chi connectivity index (χ3n) is 17.8. The molecule has 6 unspecified atom stereocenters. The highest BCUT2D eigenvalue weighted by Crippen LogP contribution is 2.66. The average molecular weight is 697 g/mol. The zero-order chi connectivity index (χ0) is 33.1. The Kier molecular flexibility index (Phi) is 6.54. The summed E-state index contributed by atoms with van der Waals surface area (Å²) in [5.74, 6) is 10.7. The lowest BCUT2D eigenvalue weighted by atomic mass is 9.48. The number of epoxide rings is 3. The van der Waals surface area contributed by atoms with Crippen molar-refractivity contribution < 1.29 is 28.4 Å². The number of rotatable bonds is 12. The zero-order valence-electron chi connectivity index (χ0n) is 30.7. The van der Waals surface area contributed by atoms with Crippen LogP contribution in [0, 0.1) is 69.5 Å². The molecule has 1 aromatic rings. The molecule has 0 N–H and O–H groups in total. The number of hydrogen-bond donors (Lipinski definition) is 0. The normalized spacial score (nSPS) is 53.2. The van der Waals surface area contributed by atoms with Crippen LogP contribution in [0.2, 0.25) is 0 Å². The molecule has 6 nitrogen and oxygen atoms in total. The minimum Gasteiger partial charge on any atom is -0.487 e. The molecule has 0 radical (unpaired) electrons. The summed E-state index contributed by atoms with van der Waals surface area (Å²) in [6.07, 6.45) is 25.9. The first-order valence-electron chi connectivity index (χ1n) is 21.9. The molecule has 3 aliphatic heterocycles. The van der Waals surface area contributed by atoms with Crippen molar-refractivity contribution in [2.24, 2.45) is 69.5 Å². The van der Waals surface area contributed by atoms with Gasteiger partial charge in [-0.05, 0) is 181 Å². The van der Waals surface area contributed by atoms with Gasteiger partial charge in [0.25, 0.3) is 0 Å². The summed E-state index contributed by atoms with van der Waals surface area (Å²) in [7, 11) is 0. The summed E-state index contributed by atoms with van der Waals surface area (Å²) in [6.45, 7) is 2.51. The van der Waals surface area contributed by atoms with Crippen molar-refractivity contribution in [3.63, 3.8) is 0 Å². The fourth-order valence-electron chi connectivity index (χ4n) is 17.2. The highest BCUT2D eigenvalue weighted by atomic mass is 16.6. The summed E-state index contributed by atoms with van der Waals surface area (Å²) in [6, 6.07) is 6.71. The van der Waals surface area contributed by atoms with Crippen LogP contribution >= 0.6 is 0 Å². The second-order valence-electron chi connectivity index (χ2n) is 21.7. The van der Waals surface area contributed by atoms with Gasteiger partial charge in [0, 0.05) is 22.3 Å². The average Bonchev–Trinajstić information content (AvgIpc) is 3.92. The molecule has 6 atom stereocenters. The van der Waals surface area contributed by atoms with Gasteiger partial charge in [0.05, 0.1) is 19.8 Å². The topological polar surface area (TPSA) is 65.3 Å². The third kappa shape index (κ3) is 5.09. The molecule has 0 amide bonds. The highest BCUT2D eigenvalue weighted by molar-refractivity contribution is 5.47. The zero-order valence-corrected chi connectivity index (χ0v) is 30.7. The number of benzene rings is 1. The van der Waals surface area contributed by atoms with Crippen molar-refractivity contribution >= 4 is 0 Å². The van der Waals surface area contributed by atoms with E-state index < -0.39 is 0 Å². The van der Waals surface area contributed by atoms with Gasteiger partial charge in [0.15, 0.2) is 11.5 Å². The molecule has 3 heterocycles. The lowest BCUT2D eigenvalue weighted by Gasteiger charge is -2.59. The van der Waals surface area contributed by atoms with Crippen LogP contribution in [0.3, 0.4) is 0 Å². The van der Waals surface area contributed by atoms with Crippen molar-refractivity contribution in [1.82, 2.24) is 0 Å². The molecule has 6 heteroatoms. The first-order chi connectivity index (χ1) is 24.9. The molecule has 15 fully saturated rings. The van der Waals surface area contributed by atoms with Crippen LogP contribution in [0.15, 0.2) is 18.2 Å². The molecular weight excluding hydrogens is 636 g/mol. The fraction of sp³-hybridized carbons (Fsp3) is 0.867. The van der Waals surface area contributed by atoms with E-state index in [0.717, 1.165) is 90.3 Å². The Morgan fingerprint density at radius 1 is 0.412 bits per heavy atom. The molecule has 12 bridgehead atoms. The second-order valence-corrected chi connectivity index (χ2v) is 21.7. The van der Waals surface area contributed by atoms with Crippen LogP contribution in [-0.2, 0) is 14.2 Å². The van der Waals surface area contributed by atoms with Crippen LogP contribution in [0.1, 0.15) is 116 Å². The van der Waals surface area contributed by atoms with Gasteiger partial charge in [-0.2, -0.15) is 0 Å². The van der Waals surface area contributed by atoms with Gasteiger partial charge >= 0.3 is 0 Å². The van der Waals surface area contributed by atoms with Crippen LogP contribution in [0.4, 0.5) is 0 Å². The molecular formula is C45H60O6. The Bertz CT molecular complexity index is 1450. The quantitative estimate of drug-likeness (QED) is 0.204. The van der Waals surface area contributed by atoms with Crippen LogP contribution in [0.25, 0.3) is 0 Å². The molecule has 276 valence electrons. The maximum Gasteiger partial charge on any atom is 0.165 e. The smallest absolute Gasteiger partial charge is 0.165 e. The standard InChI is InChI=1S/C45H60O6/c1-2-35(50-41(38-23-47-38)44-16-28-6-29(17-44)8-30(7-28)18-44)36(51-42(39-24-48-39)45-19-31-9-32(20-45)11-33(10-31)21-45)12-34(1)49-40(37-22-46-37)43-13-25-3-26(14-43)5-27(4-25)15-43/h1-2,12,25-33,37-42H,3-11,13-24H2. The summed E-state index contributed by atoms with van der Waals surface area (Å²) >= 11 is 0. The van der Waals surface area contributed by atoms with Crippen molar-refractivity contribution in [3.05, 3.63) is 18.2 Å². The van der Waals surface area contributed by atoms with Crippen molar-refractivity contribution in [3.8, 4) is 17.2 Å². The largest absolute Gasteiger partial charge is 0.487 e. The lowest BCUT2D eigenvalue weighted by Crippen LogP contribution is -2.55. The lowest BCUT2D eigenvalue weighted by molar-refractivity contribution is -0.124. The van der Waals surface area contributed by atoms with E-state index in [1.807, 2.05) is 0 Å². The van der Waals surface area contributed by atoms with Gasteiger partial charge in [0.2, 0.25) is 0 Å². The molecule has 51 heavy (non-hydrogen) atoms. The van der Waals surface area contributed by atoms with E-state index in [9.17, 15) is 0 Å². The molecule has 0 aromatic heterocycles.